The molecule has 7 heteroatoms. The van der Waals surface area contributed by atoms with Crippen LogP contribution in [0, 0.1) is 5.82 Å². The van der Waals surface area contributed by atoms with Crippen LogP contribution < -0.4 is 11.2 Å². The number of rotatable bonds is 4. The van der Waals surface area contributed by atoms with Crippen LogP contribution in [0.3, 0.4) is 0 Å². The number of nitrogens with zero attached hydrogens (tertiary/aromatic N) is 3. The quantitative estimate of drug-likeness (QED) is 0.613. The van der Waals surface area contributed by atoms with Gasteiger partial charge in [0.15, 0.2) is 11.2 Å². The SMILES string of the molecule is O=c1[nH]c(=O)n(Cc2ccccc2)c2ncn(Cc3cccc(F)c3)c12. The van der Waals surface area contributed by atoms with Gasteiger partial charge in [-0.2, -0.15) is 0 Å². The number of fused-ring (bicyclic) bond motifs is 1. The molecule has 2 aromatic heterocycles. The third-order valence-corrected chi connectivity index (χ3v) is 4.18. The van der Waals surface area contributed by atoms with Gasteiger partial charge in [0.05, 0.1) is 12.9 Å². The summed E-state index contributed by atoms with van der Waals surface area (Å²) in [5.74, 6) is -0.346. The Labute approximate surface area is 147 Å². The molecular formula is C19H15FN4O2. The van der Waals surface area contributed by atoms with E-state index in [1.807, 2.05) is 30.3 Å². The van der Waals surface area contributed by atoms with Gasteiger partial charge in [-0.25, -0.2) is 14.2 Å². The van der Waals surface area contributed by atoms with Gasteiger partial charge in [-0.15, -0.1) is 0 Å². The molecule has 2 heterocycles. The number of benzene rings is 2. The van der Waals surface area contributed by atoms with Gasteiger partial charge in [-0.1, -0.05) is 42.5 Å². The average Bonchev–Trinajstić information content (AvgIpc) is 3.03. The summed E-state index contributed by atoms with van der Waals surface area (Å²) >= 11 is 0. The highest BCUT2D eigenvalue weighted by molar-refractivity contribution is 5.70. The standard InChI is InChI=1S/C19H15FN4O2/c20-15-8-4-7-14(9-15)10-23-12-21-17-16(23)18(25)22-19(26)24(17)11-13-5-2-1-3-6-13/h1-9,12H,10-11H2,(H,22,25,26). The molecule has 26 heavy (non-hydrogen) atoms. The number of halogens is 1. The van der Waals surface area contributed by atoms with E-state index >= 15 is 0 Å². The number of nitrogens with one attached hydrogen (secondary N) is 1. The Hall–Kier alpha value is -3.48. The van der Waals surface area contributed by atoms with Crippen molar-refractivity contribution in [2.24, 2.45) is 0 Å². The highest BCUT2D eigenvalue weighted by atomic mass is 19.1. The summed E-state index contributed by atoms with van der Waals surface area (Å²) in [5.41, 5.74) is 1.18. The van der Waals surface area contributed by atoms with Gasteiger partial charge in [0.25, 0.3) is 5.56 Å². The lowest BCUT2D eigenvalue weighted by atomic mass is 10.2. The zero-order valence-corrected chi connectivity index (χ0v) is 13.7. The summed E-state index contributed by atoms with van der Waals surface area (Å²) in [6.45, 7) is 0.574. The monoisotopic (exact) mass is 350 g/mol. The molecule has 4 rings (SSSR count). The Morgan fingerprint density at radius 2 is 1.73 bits per heavy atom. The fourth-order valence-electron chi connectivity index (χ4n) is 2.99. The number of hydrogen-bond donors (Lipinski definition) is 1. The second kappa shape index (κ2) is 6.44. The molecule has 0 aliphatic heterocycles. The van der Waals surface area contributed by atoms with E-state index in [4.69, 9.17) is 0 Å². The first kappa shape index (κ1) is 16.0. The van der Waals surface area contributed by atoms with Crippen molar-refractivity contribution in [2.75, 3.05) is 0 Å². The van der Waals surface area contributed by atoms with Gasteiger partial charge in [-0.3, -0.25) is 14.3 Å². The second-order valence-electron chi connectivity index (χ2n) is 6.01. The summed E-state index contributed by atoms with van der Waals surface area (Å²) in [6.07, 6.45) is 1.49. The van der Waals surface area contributed by atoms with Crippen LogP contribution in [0.5, 0.6) is 0 Å². The van der Waals surface area contributed by atoms with Gasteiger partial charge in [0.2, 0.25) is 0 Å². The average molecular weight is 350 g/mol. The van der Waals surface area contributed by atoms with Gasteiger partial charge in [-0.05, 0) is 23.3 Å². The molecule has 0 unspecified atom stereocenters. The zero-order chi connectivity index (χ0) is 18.1. The van der Waals surface area contributed by atoms with E-state index in [0.29, 0.717) is 17.8 Å². The lowest BCUT2D eigenvalue weighted by molar-refractivity contribution is 0.624. The van der Waals surface area contributed by atoms with Crippen LogP contribution in [0.1, 0.15) is 11.1 Å². The number of imidazole rings is 1. The normalized spacial score (nSPS) is 11.1. The zero-order valence-electron chi connectivity index (χ0n) is 13.7. The minimum atomic E-state index is -0.512. The highest BCUT2D eigenvalue weighted by Crippen LogP contribution is 2.12. The maximum Gasteiger partial charge on any atom is 0.330 e. The van der Waals surface area contributed by atoms with E-state index in [1.54, 1.807) is 16.7 Å². The smallest absolute Gasteiger partial charge is 0.320 e. The molecule has 0 spiro atoms. The van der Waals surface area contributed by atoms with Crippen molar-refractivity contribution in [1.82, 2.24) is 19.1 Å². The van der Waals surface area contributed by atoms with Crippen LogP contribution in [0.25, 0.3) is 11.2 Å². The van der Waals surface area contributed by atoms with Crippen molar-refractivity contribution < 1.29 is 4.39 Å². The van der Waals surface area contributed by atoms with Gasteiger partial charge >= 0.3 is 5.69 Å². The van der Waals surface area contributed by atoms with E-state index in [1.165, 1.54) is 23.0 Å². The fraction of sp³-hybridized carbons (Fsp3) is 0.105. The van der Waals surface area contributed by atoms with E-state index in [2.05, 4.69) is 9.97 Å². The Kier molecular flexibility index (Phi) is 3.96. The maximum absolute atomic E-state index is 13.4. The Morgan fingerprint density at radius 3 is 2.50 bits per heavy atom. The van der Waals surface area contributed by atoms with Crippen molar-refractivity contribution in [3.8, 4) is 0 Å². The molecule has 0 saturated carbocycles. The van der Waals surface area contributed by atoms with Crippen molar-refractivity contribution in [3.63, 3.8) is 0 Å². The molecular weight excluding hydrogens is 335 g/mol. The van der Waals surface area contributed by atoms with Crippen molar-refractivity contribution in [3.05, 3.63) is 98.7 Å². The maximum atomic E-state index is 13.4. The second-order valence-corrected chi connectivity index (χ2v) is 6.01. The molecule has 0 saturated heterocycles. The van der Waals surface area contributed by atoms with Crippen LogP contribution in [0.15, 0.2) is 70.5 Å². The van der Waals surface area contributed by atoms with Crippen molar-refractivity contribution in [1.29, 1.82) is 0 Å². The Balaban J connectivity index is 1.81. The number of hydrogen-bond acceptors (Lipinski definition) is 3. The van der Waals surface area contributed by atoms with Gasteiger partial charge in [0.1, 0.15) is 5.82 Å². The van der Waals surface area contributed by atoms with E-state index in [-0.39, 0.29) is 17.9 Å². The fourth-order valence-corrected chi connectivity index (χ4v) is 2.99. The predicted octanol–water partition coefficient (Wildman–Crippen LogP) is 2.12. The van der Waals surface area contributed by atoms with Crippen LogP contribution in [-0.2, 0) is 13.1 Å². The van der Waals surface area contributed by atoms with Crippen molar-refractivity contribution >= 4 is 11.2 Å². The molecule has 0 aliphatic carbocycles. The first-order valence-corrected chi connectivity index (χ1v) is 8.08. The molecule has 0 amide bonds. The summed E-state index contributed by atoms with van der Waals surface area (Å²) in [4.78, 5) is 31.2. The summed E-state index contributed by atoms with van der Waals surface area (Å²) in [7, 11) is 0. The molecule has 0 radical (unpaired) electrons. The molecule has 1 N–H and O–H groups in total. The van der Waals surface area contributed by atoms with Crippen LogP contribution in [-0.4, -0.2) is 19.1 Å². The minimum absolute atomic E-state index is 0.279. The molecule has 0 fully saturated rings. The van der Waals surface area contributed by atoms with Gasteiger partial charge < -0.3 is 4.57 Å². The molecule has 2 aromatic carbocycles. The van der Waals surface area contributed by atoms with E-state index in [0.717, 1.165) is 5.56 Å². The molecule has 4 aromatic rings. The van der Waals surface area contributed by atoms with Crippen LogP contribution >= 0.6 is 0 Å². The number of aromatic amines is 1. The highest BCUT2D eigenvalue weighted by Gasteiger charge is 2.14. The van der Waals surface area contributed by atoms with Crippen LogP contribution in [0.4, 0.5) is 4.39 Å². The molecule has 6 nitrogen and oxygen atoms in total. The van der Waals surface area contributed by atoms with Crippen LogP contribution in [0.2, 0.25) is 0 Å². The van der Waals surface area contributed by atoms with E-state index < -0.39 is 11.2 Å². The number of H-pyrrole nitrogens is 1. The van der Waals surface area contributed by atoms with Gasteiger partial charge in [0, 0.05) is 6.54 Å². The lowest BCUT2D eigenvalue weighted by Gasteiger charge is -2.08. The molecule has 0 aliphatic rings. The summed E-state index contributed by atoms with van der Waals surface area (Å²) in [6, 6.07) is 15.6. The molecule has 130 valence electrons. The number of aromatic nitrogens is 4. The van der Waals surface area contributed by atoms with Crippen molar-refractivity contribution in [2.45, 2.75) is 13.1 Å². The first-order chi connectivity index (χ1) is 12.6. The third kappa shape index (κ3) is 2.95. The third-order valence-electron chi connectivity index (χ3n) is 4.18. The predicted molar refractivity (Wildman–Crippen MR) is 95.7 cm³/mol. The van der Waals surface area contributed by atoms with E-state index in [9.17, 15) is 14.0 Å². The Bertz CT molecular complexity index is 1190. The minimum Gasteiger partial charge on any atom is -0.320 e. The molecule has 0 bridgehead atoms. The first-order valence-electron chi connectivity index (χ1n) is 8.08. The Morgan fingerprint density at radius 1 is 0.962 bits per heavy atom. The molecule has 0 atom stereocenters. The summed E-state index contributed by atoms with van der Waals surface area (Å²) in [5, 5.41) is 0. The largest absolute Gasteiger partial charge is 0.330 e. The summed E-state index contributed by atoms with van der Waals surface area (Å²) < 4.78 is 16.4. The lowest BCUT2D eigenvalue weighted by Crippen LogP contribution is -2.31. The topological polar surface area (TPSA) is 72.7 Å².